The van der Waals surface area contributed by atoms with E-state index in [-0.39, 0.29) is 11.9 Å². The Morgan fingerprint density at radius 1 is 1.27 bits per heavy atom. The predicted octanol–water partition coefficient (Wildman–Crippen LogP) is 4.71. The van der Waals surface area contributed by atoms with E-state index in [0.29, 0.717) is 23.3 Å². The molecule has 2 aromatic carbocycles. The second-order valence-corrected chi connectivity index (χ2v) is 7.57. The highest BCUT2D eigenvalue weighted by atomic mass is 19.1. The van der Waals surface area contributed by atoms with E-state index in [0.717, 1.165) is 24.1 Å². The number of rotatable bonds is 6. The highest BCUT2D eigenvalue weighted by Gasteiger charge is 2.28. The molecule has 6 heteroatoms. The molecule has 154 valence electrons. The highest BCUT2D eigenvalue weighted by Crippen LogP contribution is 2.38. The van der Waals surface area contributed by atoms with Crippen molar-refractivity contribution in [2.24, 2.45) is 0 Å². The van der Waals surface area contributed by atoms with Gasteiger partial charge in [-0.3, -0.25) is 9.88 Å². The number of aryl methyl sites for hydroxylation is 1. The van der Waals surface area contributed by atoms with Crippen molar-refractivity contribution in [2.75, 3.05) is 14.2 Å². The van der Waals surface area contributed by atoms with Crippen molar-refractivity contribution < 1.29 is 19.0 Å². The first-order chi connectivity index (χ1) is 14.5. The zero-order valence-electron chi connectivity index (χ0n) is 16.9. The molecule has 0 unspecified atom stereocenters. The van der Waals surface area contributed by atoms with Crippen LogP contribution in [0.4, 0.5) is 4.39 Å². The smallest absolute Gasteiger partial charge is 0.336 e. The van der Waals surface area contributed by atoms with Gasteiger partial charge >= 0.3 is 5.97 Å². The molecule has 0 bridgehead atoms. The maximum absolute atomic E-state index is 14.5. The lowest BCUT2D eigenvalue weighted by molar-refractivity contribution is 0.0695. The molecule has 3 aromatic rings. The van der Waals surface area contributed by atoms with Gasteiger partial charge in [-0.25, -0.2) is 9.18 Å². The summed E-state index contributed by atoms with van der Waals surface area (Å²) >= 11 is 0. The summed E-state index contributed by atoms with van der Waals surface area (Å²) in [7, 11) is 3.57. The number of methoxy groups -OCH3 is 1. The lowest BCUT2D eigenvalue weighted by atomic mass is 9.94. The van der Waals surface area contributed by atoms with Gasteiger partial charge in [-0.2, -0.15) is 0 Å². The minimum absolute atomic E-state index is 0.177. The Balaban J connectivity index is 1.57. The third-order valence-electron chi connectivity index (χ3n) is 5.76. The fourth-order valence-electron chi connectivity index (χ4n) is 4.21. The number of benzene rings is 2. The zero-order valence-corrected chi connectivity index (χ0v) is 16.9. The van der Waals surface area contributed by atoms with Crippen LogP contribution in [-0.2, 0) is 13.0 Å². The number of hydrogen-bond donors (Lipinski definition) is 1. The number of pyridine rings is 1. The maximum Gasteiger partial charge on any atom is 0.336 e. The standard InChI is InChI=1S/C24H23FN2O3/c1-27-14-17-11-15(19-7-5-18(30-2)12-22(19)25)3-6-20(17)23(27)8-4-16-13-26-10-9-21(16)24(28)29/h3,5-7,9-13,23H,4,8,14H2,1-2H3,(H,28,29)/t23-/m0/s1. The summed E-state index contributed by atoms with van der Waals surface area (Å²) in [6.07, 6.45) is 4.54. The molecule has 5 nitrogen and oxygen atoms in total. The summed E-state index contributed by atoms with van der Waals surface area (Å²) in [5.74, 6) is -0.748. The van der Waals surface area contributed by atoms with Crippen LogP contribution in [0, 0.1) is 5.82 Å². The third-order valence-corrected chi connectivity index (χ3v) is 5.76. The van der Waals surface area contributed by atoms with E-state index >= 15 is 0 Å². The van der Waals surface area contributed by atoms with Crippen LogP contribution < -0.4 is 4.74 Å². The van der Waals surface area contributed by atoms with Crippen molar-refractivity contribution in [1.82, 2.24) is 9.88 Å². The van der Waals surface area contributed by atoms with Gasteiger partial charge in [0.15, 0.2) is 0 Å². The molecule has 0 saturated carbocycles. The van der Waals surface area contributed by atoms with Gasteiger partial charge in [0.2, 0.25) is 0 Å². The molecule has 1 aromatic heterocycles. The van der Waals surface area contributed by atoms with Crippen LogP contribution in [0.5, 0.6) is 5.75 Å². The van der Waals surface area contributed by atoms with E-state index in [1.54, 1.807) is 24.4 Å². The topological polar surface area (TPSA) is 62.7 Å². The molecule has 0 fully saturated rings. The molecule has 0 radical (unpaired) electrons. The zero-order chi connectivity index (χ0) is 21.3. The molecular weight excluding hydrogens is 383 g/mol. The van der Waals surface area contributed by atoms with Gasteiger partial charge < -0.3 is 9.84 Å². The molecule has 1 aliphatic rings. The van der Waals surface area contributed by atoms with Gasteiger partial charge in [0.1, 0.15) is 11.6 Å². The van der Waals surface area contributed by atoms with Crippen molar-refractivity contribution in [3.05, 3.63) is 82.9 Å². The average molecular weight is 406 g/mol. The van der Waals surface area contributed by atoms with Gasteiger partial charge in [0.05, 0.1) is 12.7 Å². The van der Waals surface area contributed by atoms with E-state index in [4.69, 9.17) is 4.74 Å². The summed E-state index contributed by atoms with van der Waals surface area (Å²) < 4.78 is 19.6. The van der Waals surface area contributed by atoms with Crippen LogP contribution in [0.1, 0.15) is 39.5 Å². The Morgan fingerprint density at radius 3 is 2.83 bits per heavy atom. The summed E-state index contributed by atoms with van der Waals surface area (Å²) in [4.78, 5) is 17.8. The fourth-order valence-corrected chi connectivity index (χ4v) is 4.21. The number of fused-ring (bicyclic) bond motifs is 1. The molecular formula is C24H23FN2O3. The molecule has 2 heterocycles. The summed E-state index contributed by atoms with van der Waals surface area (Å²) in [6.45, 7) is 0.768. The van der Waals surface area contributed by atoms with E-state index in [1.807, 2.05) is 12.1 Å². The van der Waals surface area contributed by atoms with Crippen LogP contribution in [0.3, 0.4) is 0 Å². The second-order valence-electron chi connectivity index (χ2n) is 7.57. The van der Waals surface area contributed by atoms with E-state index in [9.17, 15) is 14.3 Å². The first-order valence-electron chi connectivity index (χ1n) is 9.81. The fraction of sp³-hybridized carbons (Fsp3) is 0.250. The largest absolute Gasteiger partial charge is 0.497 e. The minimum Gasteiger partial charge on any atom is -0.497 e. The van der Waals surface area contributed by atoms with Crippen LogP contribution in [-0.4, -0.2) is 35.1 Å². The number of carboxylic acids is 1. The van der Waals surface area contributed by atoms with E-state index in [1.165, 1.54) is 30.5 Å². The number of nitrogens with zero attached hydrogens (tertiary/aromatic N) is 2. The Bertz CT molecular complexity index is 1100. The first kappa shape index (κ1) is 20.0. The molecule has 0 spiro atoms. The Kier molecular flexibility index (Phi) is 5.50. The molecule has 0 aliphatic carbocycles. The number of hydrogen-bond acceptors (Lipinski definition) is 4. The molecule has 1 atom stereocenters. The average Bonchev–Trinajstić information content (AvgIpc) is 3.06. The lowest BCUT2D eigenvalue weighted by Crippen LogP contribution is -2.17. The number of carboxylic acid groups (broad SMARTS) is 1. The second kappa shape index (κ2) is 8.24. The quantitative estimate of drug-likeness (QED) is 0.642. The van der Waals surface area contributed by atoms with Gasteiger partial charge in [-0.15, -0.1) is 0 Å². The maximum atomic E-state index is 14.5. The van der Waals surface area contributed by atoms with E-state index < -0.39 is 5.97 Å². The Morgan fingerprint density at radius 2 is 2.10 bits per heavy atom. The van der Waals surface area contributed by atoms with Crippen molar-refractivity contribution in [1.29, 1.82) is 0 Å². The highest BCUT2D eigenvalue weighted by molar-refractivity contribution is 5.89. The van der Waals surface area contributed by atoms with Gasteiger partial charge in [-0.1, -0.05) is 12.1 Å². The molecule has 0 amide bonds. The van der Waals surface area contributed by atoms with Gasteiger partial charge in [0.25, 0.3) is 0 Å². The van der Waals surface area contributed by atoms with Crippen LogP contribution >= 0.6 is 0 Å². The van der Waals surface area contributed by atoms with Crippen molar-refractivity contribution in [3.63, 3.8) is 0 Å². The SMILES string of the molecule is COc1ccc(-c2ccc3c(c2)CN(C)[C@H]3CCc2cnccc2C(=O)O)c(F)c1. The molecule has 4 rings (SSSR count). The van der Waals surface area contributed by atoms with Crippen molar-refractivity contribution in [3.8, 4) is 16.9 Å². The van der Waals surface area contributed by atoms with E-state index in [2.05, 4.69) is 23.0 Å². The van der Waals surface area contributed by atoms with Crippen molar-refractivity contribution >= 4 is 5.97 Å². The number of carbonyl (C=O) groups is 1. The first-order valence-corrected chi connectivity index (χ1v) is 9.81. The van der Waals surface area contributed by atoms with Gasteiger partial charge in [-0.05, 0) is 66.4 Å². The molecule has 30 heavy (non-hydrogen) atoms. The molecule has 1 N–H and O–H groups in total. The Labute approximate surface area is 174 Å². The molecule has 0 saturated heterocycles. The third kappa shape index (κ3) is 3.78. The summed E-state index contributed by atoms with van der Waals surface area (Å²) in [5.41, 5.74) is 4.80. The minimum atomic E-state index is -0.932. The van der Waals surface area contributed by atoms with Gasteiger partial charge in [0, 0.05) is 36.6 Å². The predicted molar refractivity (Wildman–Crippen MR) is 112 cm³/mol. The lowest BCUT2D eigenvalue weighted by Gasteiger charge is -2.20. The summed E-state index contributed by atoms with van der Waals surface area (Å²) in [5, 5.41) is 9.38. The van der Waals surface area contributed by atoms with Crippen LogP contribution in [0.25, 0.3) is 11.1 Å². The Hall–Kier alpha value is -3.25. The summed E-state index contributed by atoms with van der Waals surface area (Å²) in [6, 6.07) is 12.7. The number of aromatic nitrogens is 1. The normalized spacial score (nSPS) is 15.8. The monoisotopic (exact) mass is 406 g/mol. The van der Waals surface area contributed by atoms with Crippen LogP contribution in [0.2, 0.25) is 0 Å². The van der Waals surface area contributed by atoms with Crippen molar-refractivity contribution in [2.45, 2.75) is 25.4 Å². The number of halogens is 1. The van der Waals surface area contributed by atoms with Crippen LogP contribution in [0.15, 0.2) is 54.9 Å². The number of ether oxygens (including phenoxy) is 1. The molecule has 1 aliphatic heterocycles. The number of aromatic carboxylic acids is 1.